The number of benzene rings is 8. The molecule has 0 saturated heterocycles. The summed E-state index contributed by atoms with van der Waals surface area (Å²) in [5.74, 6) is 2.32. The standard InChI is InChI=1S/C52H30N6OS/c1-3-14-31(15-4-1)49-54-50(33-26-29-45-39(30-33)36-20-9-12-25-44(36)60-45)56-52(55-49)58-42-23-11-8-19-35(42)38-28-27-37-34-18-7-10-22-41(34)57(46(37)47(38)58)43-24-13-21-40-48(43)59-51(53-40)32-16-5-2-6-17-32/h1-30H. The van der Waals surface area contributed by atoms with Gasteiger partial charge in [-0.25, -0.2) is 9.97 Å². The molecule has 0 N–H and O–H groups in total. The summed E-state index contributed by atoms with van der Waals surface area (Å²) >= 11 is 1.80. The van der Waals surface area contributed by atoms with Crippen LogP contribution in [-0.4, -0.2) is 29.1 Å². The highest BCUT2D eigenvalue weighted by molar-refractivity contribution is 7.25. The molecule has 13 rings (SSSR count). The molecule has 280 valence electrons. The first-order chi connectivity index (χ1) is 29.7. The number of rotatable bonds is 5. The van der Waals surface area contributed by atoms with Gasteiger partial charge in [0.1, 0.15) is 5.52 Å². The van der Waals surface area contributed by atoms with E-state index in [-0.39, 0.29) is 0 Å². The average molecular weight is 787 g/mol. The molecule has 5 aromatic heterocycles. The van der Waals surface area contributed by atoms with E-state index in [1.807, 2.05) is 54.6 Å². The highest BCUT2D eigenvalue weighted by atomic mass is 32.1. The molecule has 0 amide bonds. The molecule has 0 fully saturated rings. The minimum Gasteiger partial charge on any atom is -0.434 e. The monoisotopic (exact) mass is 786 g/mol. The topological polar surface area (TPSA) is 74.6 Å². The normalized spacial score (nSPS) is 12.0. The van der Waals surface area contributed by atoms with E-state index in [1.54, 1.807) is 11.3 Å². The molecular formula is C52H30N6OS. The molecule has 0 aliphatic heterocycles. The van der Waals surface area contributed by atoms with Crippen molar-refractivity contribution in [2.24, 2.45) is 0 Å². The van der Waals surface area contributed by atoms with Crippen molar-refractivity contribution in [1.82, 2.24) is 29.1 Å². The molecule has 60 heavy (non-hydrogen) atoms. The van der Waals surface area contributed by atoms with Gasteiger partial charge < -0.3 is 8.98 Å². The number of hydrogen-bond donors (Lipinski definition) is 0. The van der Waals surface area contributed by atoms with E-state index in [4.69, 9.17) is 24.4 Å². The predicted octanol–water partition coefficient (Wildman–Crippen LogP) is 13.6. The van der Waals surface area contributed by atoms with Crippen molar-refractivity contribution in [3.63, 3.8) is 0 Å². The second kappa shape index (κ2) is 12.8. The van der Waals surface area contributed by atoms with Crippen molar-refractivity contribution in [1.29, 1.82) is 0 Å². The summed E-state index contributed by atoms with van der Waals surface area (Å²) in [6.07, 6.45) is 0. The van der Waals surface area contributed by atoms with E-state index >= 15 is 0 Å². The van der Waals surface area contributed by atoms with Crippen LogP contribution in [0.2, 0.25) is 0 Å². The van der Waals surface area contributed by atoms with Gasteiger partial charge in [-0.3, -0.25) is 4.57 Å². The number of thiophene rings is 1. The van der Waals surface area contributed by atoms with Gasteiger partial charge in [0.2, 0.25) is 11.8 Å². The summed E-state index contributed by atoms with van der Waals surface area (Å²) < 4.78 is 13.8. The zero-order chi connectivity index (χ0) is 39.3. The van der Waals surface area contributed by atoms with Crippen LogP contribution in [0.3, 0.4) is 0 Å². The molecule has 5 heterocycles. The van der Waals surface area contributed by atoms with Crippen molar-refractivity contribution < 1.29 is 4.42 Å². The highest BCUT2D eigenvalue weighted by Gasteiger charge is 2.25. The molecule has 0 aliphatic carbocycles. The lowest BCUT2D eigenvalue weighted by molar-refractivity contribution is 0.618. The second-order valence-corrected chi connectivity index (χ2v) is 16.1. The third-order valence-corrected chi connectivity index (χ3v) is 12.8. The smallest absolute Gasteiger partial charge is 0.238 e. The van der Waals surface area contributed by atoms with Crippen LogP contribution >= 0.6 is 11.3 Å². The van der Waals surface area contributed by atoms with Crippen molar-refractivity contribution >= 4 is 86.2 Å². The summed E-state index contributed by atoms with van der Waals surface area (Å²) in [6.45, 7) is 0. The van der Waals surface area contributed by atoms with Gasteiger partial charge >= 0.3 is 0 Å². The van der Waals surface area contributed by atoms with Gasteiger partial charge in [-0.15, -0.1) is 11.3 Å². The van der Waals surface area contributed by atoms with Crippen molar-refractivity contribution in [3.05, 3.63) is 182 Å². The van der Waals surface area contributed by atoms with Crippen LogP contribution in [0.1, 0.15) is 0 Å². The summed E-state index contributed by atoms with van der Waals surface area (Å²) in [5.41, 5.74) is 9.22. The summed E-state index contributed by atoms with van der Waals surface area (Å²) in [6, 6.07) is 63.2. The van der Waals surface area contributed by atoms with Crippen LogP contribution in [0, 0.1) is 0 Å². The molecule has 0 bridgehead atoms. The molecule has 8 heteroatoms. The molecule has 0 spiro atoms. The zero-order valence-corrected chi connectivity index (χ0v) is 32.6. The van der Waals surface area contributed by atoms with Gasteiger partial charge in [-0.2, -0.15) is 9.97 Å². The lowest BCUT2D eigenvalue weighted by Crippen LogP contribution is -2.07. The highest BCUT2D eigenvalue weighted by Crippen LogP contribution is 2.43. The molecular weight excluding hydrogens is 757 g/mol. The van der Waals surface area contributed by atoms with Gasteiger partial charge in [0.05, 0.1) is 27.8 Å². The third kappa shape index (κ3) is 4.88. The maximum absolute atomic E-state index is 6.70. The Morgan fingerprint density at radius 3 is 1.75 bits per heavy atom. The Balaban J connectivity index is 1.15. The fourth-order valence-corrected chi connectivity index (χ4v) is 10.0. The van der Waals surface area contributed by atoms with Gasteiger partial charge in [-0.1, -0.05) is 121 Å². The van der Waals surface area contributed by atoms with Crippen LogP contribution < -0.4 is 0 Å². The number of oxazole rings is 1. The third-order valence-electron chi connectivity index (χ3n) is 11.6. The van der Waals surface area contributed by atoms with Crippen molar-refractivity contribution in [2.75, 3.05) is 0 Å². The van der Waals surface area contributed by atoms with Crippen LogP contribution in [0.4, 0.5) is 0 Å². The Hall–Kier alpha value is -7.94. The van der Waals surface area contributed by atoms with Gasteiger partial charge in [0, 0.05) is 58.4 Å². The number of hydrogen-bond acceptors (Lipinski definition) is 6. The molecule has 0 saturated carbocycles. The minimum atomic E-state index is 0.536. The van der Waals surface area contributed by atoms with E-state index < -0.39 is 0 Å². The maximum atomic E-state index is 6.70. The number of para-hydroxylation sites is 3. The van der Waals surface area contributed by atoms with E-state index in [1.165, 1.54) is 20.2 Å². The van der Waals surface area contributed by atoms with E-state index in [9.17, 15) is 0 Å². The maximum Gasteiger partial charge on any atom is 0.238 e. The van der Waals surface area contributed by atoms with Gasteiger partial charge in [0.25, 0.3) is 0 Å². The van der Waals surface area contributed by atoms with Crippen LogP contribution in [0.15, 0.2) is 186 Å². The Morgan fingerprint density at radius 2 is 1.00 bits per heavy atom. The van der Waals surface area contributed by atoms with Crippen LogP contribution in [-0.2, 0) is 0 Å². The first-order valence-electron chi connectivity index (χ1n) is 19.9. The molecule has 0 unspecified atom stereocenters. The number of nitrogens with zero attached hydrogens (tertiary/aromatic N) is 6. The average Bonchev–Trinajstić information content (AvgIpc) is 4.09. The first-order valence-corrected chi connectivity index (χ1v) is 20.7. The molecule has 7 nitrogen and oxygen atoms in total. The lowest BCUT2D eigenvalue weighted by Gasteiger charge is -2.13. The largest absolute Gasteiger partial charge is 0.434 e. The Kier molecular flexibility index (Phi) is 7.05. The lowest BCUT2D eigenvalue weighted by atomic mass is 10.1. The van der Waals surface area contributed by atoms with E-state index in [0.29, 0.717) is 29.1 Å². The Labute approximate surface area is 346 Å². The quantitative estimate of drug-likeness (QED) is 0.174. The predicted molar refractivity (Wildman–Crippen MR) is 245 cm³/mol. The summed E-state index contributed by atoms with van der Waals surface area (Å²) in [4.78, 5) is 20.9. The fourth-order valence-electron chi connectivity index (χ4n) is 8.95. The Morgan fingerprint density at radius 1 is 0.400 bits per heavy atom. The molecule has 0 atom stereocenters. The zero-order valence-electron chi connectivity index (χ0n) is 31.8. The van der Waals surface area contributed by atoms with Crippen LogP contribution in [0.5, 0.6) is 0 Å². The molecule has 0 aliphatic rings. The molecule has 0 radical (unpaired) electrons. The van der Waals surface area contributed by atoms with Gasteiger partial charge in [-0.05, 0) is 60.7 Å². The summed E-state index contributed by atoms with van der Waals surface area (Å²) in [5, 5.41) is 6.85. The summed E-state index contributed by atoms with van der Waals surface area (Å²) in [7, 11) is 0. The number of fused-ring (bicyclic) bond motifs is 11. The Bertz CT molecular complexity index is 3840. The van der Waals surface area contributed by atoms with Crippen molar-refractivity contribution in [2.45, 2.75) is 0 Å². The molecule has 8 aromatic carbocycles. The SMILES string of the molecule is c1ccc(-c2nc(-c3ccc4sc5ccccc5c4c3)nc(-n3c4ccccc4c4ccc5c6ccccc6n(-c6cccc7nc(-c8ccccc8)oc67)c5c43)n2)cc1. The first kappa shape index (κ1) is 33.1. The number of aromatic nitrogens is 6. The van der Waals surface area contributed by atoms with Crippen molar-refractivity contribution in [3.8, 4) is 45.9 Å². The van der Waals surface area contributed by atoms with Gasteiger partial charge in [0.15, 0.2) is 17.2 Å². The second-order valence-electron chi connectivity index (χ2n) is 15.0. The molecule has 13 aromatic rings. The van der Waals surface area contributed by atoms with E-state index in [2.05, 4.69) is 137 Å². The van der Waals surface area contributed by atoms with Crippen LogP contribution in [0.25, 0.3) is 121 Å². The fraction of sp³-hybridized carbons (Fsp3) is 0. The minimum absolute atomic E-state index is 0.536. The van der Waals surface area contributed by atoms with E-state index in [0.717, 1.165) is 71.5 Å².